The molecule has 0 unspecified atom stereocenters. The normalized spacial score (nSPS) is 34.1. The molecule has 2 aliphatic carbocycles. The van der Waals surface area contributed by atoms with Gasteiger partial charge in [0.15, 0.2) is 0 Å². The van der Waals surface area contributed by atoms with E-state index in [9.17, 15) is 0 Å². The predicted octanol–water partition coefficient (Wildman–Crippen LogP) is 3.97. The summed E-state index contributed by atoms with van der Waals surface area (Å²) in [6.45, 7) is 9.25. The summed E-state index contributed by atoms with van der Waals surface area (Å²) in [4.78, 5) is 0. The third-order valence-corrected chi connectivity index (χ3v) is 5.57. The molecule has 2 fully saturated rings. The molecule has 0 spiro atoms. The van der Waals surface area contributed by atoms with Crippen LogP contribution in [0.4, 0.5) is 0 Å². The first-order chi connectivity index (χ1) is 7.37. The maximum Gasteiger partial charge on any atom is 0.0156 e. The molecule has 1 nitrogen and oxygen atoms in total. The monoisotopic (exact) mass is 223 g/mol. The zero-order valence-corrected chi connectivity index (χ0v) is 11.6. The first-order valence-corrected chi connectivity index (χ1v) is 7.16. The van der Waals surface area contributed by atoms with Crippen molar-refractivity contribution >= 4 is 0 Å². The molecule has 0 amide bonds. The van der Waals surface area contributed by atoms with Gasteiger partial charge in [0.1, 0.15) is 0 Å². The molecular weight excluding hydrogens is 194 g/mol. The molecule has 2 aliphatic rings. The zero-order valence-electron chi connectivity index (χ0n) is 11.6. The second-order valence-corrected chi connectivity index (χ2v) is 7.23. The highest BCUT2D eigenvalue weighted by Crippen LogP contribution is 2.62. The van der Waals surface area contributed by atoms with E-state index in [-0.39, 0.29) is 5.54 Å². The lowest BCUT2D eigenvalue weighted by atomic mass is 9.66. The van der Waals surface area contributed by atoms with Gasteiger partial charge in [0, 0.05) is 5.54 Å². The fraction of sp³-hybridized carbons (Fsp3) is 1.00. The van der Waals surface area contributed by atoms with Gasteiger partial charge in [0.2, 0.25) is 0 Å². The molecule has 2 saturated carbocycles. The molecule has 94 valence electrons. The van der Waals surface area contributed by atoms with Crippen LogP contribution in [0, 0.1) is 23.2 Å². The van der Waals surface area contributed by atoms with Gasteiger partial charge < -0.3 is 5.73 Å². The van der Waals surface area contributed by atoms with E-state index in [0.29, 0.717) is 5.41 Å². The highest BCUT2D eigenvalue weighted by atomic mass is 14.8. The Labute approximate surface area is 101 Å². The molecule has 0 aromatic heterocycles. The van der Waals surface area contributed by atoms with Crippen molar-refractivity contribution in [1.82, 2.24) is 0 Å². The SMILES string of the molecule is CC(C)C1CCC(C2(C(C)(C)N)CC2)CC1. The van der Waals surface area contributed by atoms with Gasteiger partial charge in [-0.2, -0.15) is 0 Å². The summed E-state index contributed by atoms with van der Waals surface area (Å²) in [5, 5.41) is 0. The fourth-order valence-electron chi connectivity index (χ4n) is 4.05. The van der Waals surface area contributed by atoms with E-state index in [2.05, 4.69) is 27.7 Å². The Kier molecular flexibility index (Phi) is 3.11. The molecule has 0 atom stereocenters. The first kappa shape index (κ1) is 12.4. The topological polar surface area (TPSA) is 26.0 Å². The Morgan fingerprint density at radius 1 is 1.06 bits per heavy atom. The minimum absolute atomic E-state index is 0.0440. The standard InChI is InChI=1S/C15H29N/c1-11(2)12-5-7-13(8-6-12)15(9-10-15)14(3,4)16/h11-13H,5-10,16H2,1-4H3. The van der Waals surface area contributed by atoms with Crippen molar-refractivity contribution in [3.05, 3.63) is 0 Å². The van der Waals surface area contributed by atoms with E-state index < -0.39 is 0 Å². The van der Waals surface area contributed by atoms with Gasteiger partial charge in [-0.05, 0) is 75.5 Å². The average molecular weight is 223 g/mol. The molecule has 0 heterocycles. The van der Waals surface area contributed by atoms with E-state index in [1.165, 1.54) is 38.5 Å². The van der Waals surface area contributed by atoms with Crippen molar-refractivity contribution in [3.8, 4) is 0 Å². The van der Waals surface area contributed by atoms with Crippen LogP contribution in [0.25, 0.3) is 0 Å². The number of nitrogens with two attached hydrogens (primary N) is 1. The molecule has 0 aromatic carbocycles. The van der Waals surface area contributed by atoms with Crippen LogP contribution in [0.15, 0.2) is 0 Å². The van der Waals surface area contributed by atoms with Crippen molar-refractivity contribution in [2.75, 3.05) is 0 Å². The summed E-state index contributed by atoms with van der Waals surface area (Å²) < 4.78 is 0. The van der Waals surface area contributed by atoms with E-state index in [4.69, 9.17) is 5.73 Å². The summed E-state index contributed by atoms with van der Waals surface area (Å²) in [6.07, 6.45) is 8.52. The highest BCUT2D eigenvalue weighted by Gasteiger charge is 2.57. The lowest BCUT2D eigenvalue weighted by Gasteiger charge is -2.42. The lowest BCUT2D eigenvalue weighted by molar-refractivity contribution is 0.112. The van der Waals surface area contributed by atoms with Gasteiger partial charge in [-0.25, -0.2) is 0 Å². The Bertz CT molecular complexity index is 237. The van der Waals surface area contributed by atoms with E-state index >= 15 is 0 Å². The van der Waals surface area contributed by atoms with E-state index in [0.717, 1.165) is 17.8 Å². The Balaban J connectivity index is 1.95. The molecular formula is C15H29N. The first-order valence-electron chi connectivity index (χ1n) is 7.16. The summed E-state index contributed by atoms with van der Waals surface area (Å²) in [7, 11) is 0. The number of hydrogen-bond donors (Lipinski definition) is 1. The lowest BCUT2D eigenvalue weighted by Crippen LogP contribution is -2.47. The summed E-state index contributed by atoms with van der Waals surface area (Å²) in [5.74, 6) is 2.78. The summed E-state index contributed by atoms with van der Waals surface area (Å²) >= 11 is 0. The molecule has 2 N–H and O–H groups in total. The van der Waals surface area contributed by atoms with Crippen molar-refractivity contribution < 1.29 is 0 Å². The molecule has 0 aromatic rings. The molecule has 0 saturated heterocycles. The largest absolute Gasteiger partial charge is 0.325 e. The molecule has 16 heavy (non-hydrogen) atoms. The third-order valence-electron chi connectivity index (χ3n) is 5.57. The van der Waals surface area contributed by atoms with Crippen LogP contribution < -0.4 is 5.73 Å². The molecule has 1 heteroatoms. The quantitative estimate of drug-likeness (QED) is 0.770. The van der Waals surface area contributed by atoms with Crippen LogP contribution in [0.5, 0.6) is 0 Å². The number of rotatable bonds is 3. The van der Waals surface area contributed by atoms with Crippen LogP contribution in [0.2, 0.25) is 0 Å². The minimum atomic E-state index is 0.0440. The Morgan fingerprint density at radius 2 is 1.56 bits per heavy atom. The van der Waals surface area contributed by atoms with Gasteiger partial charge in [0.25, 0.3) is 0 Å². The number of hydrogen-bond acceptors (Lipinski definition) is 1. The Morgan fingerprint density at radius 3 is 1.88 bits per heavy atom. The van der Waals surface area contributed by atoms with Gasteiger partial charge in [-0.15, -0.1) is 0 Å². The molecule has 0 radical (unpaired) electrons. The smallest absolute Gasteiger partial charge is 0.0156 e. The van der Waals surface area contributed by atoms with Gasteiger partial charge in [-0.3, -0.25) is 0 Å². The second-order valence-electron chi connectivity index (χ2n) is 7.23. The average Bonchev–Trinajstić information content (AvgIpc) is 2.97. The van der Waals surface area contributed by atoms with Crippen molar-refractivity contribution in [2.24, 2.45) is 28.9 Å². The maximum atomic E-state index is 6.40. The van der Waals surface area contributed by atoms with Crippen LogP contribution in [-0.2, 0) is 0 Å². The zero-order chi connectivity index (χ0) is 12.0. The van der Waals surface area contributed by atoms with Gasteiger partial charge >= 0.3 is 0 Å². The Hall–Kier alpha value is -0.0400. The van der Waals surface area contributed by atoms with Crippen LogP contribution in [-0.4, -0.2) is 5.54 Å². The fourth-order valence-corrected chi connectivity index (χ4v) is 4.05. The summed E-state index contributed by atoms with van der Waals surface area (Å²) in [5.41, 5.74) is 6.95. The van der Waals surface area contributed by atoms with E-state index in [1.807, 2.05) is 0 Å². The van der Waals surface area contributed by atoms with Gasteiger partial charge in [0.05, 0.1) is 0 Å². The maximum absolute atomic E-state index is 6.40. The molecule has 0 bridgehead atoms. The summed E-state index contributed by atoms with van der Waals surface area (Å²) in [6, 6.07) is 0. The second kappa shape index (κ2) is 4.01. The van der Waals surface area contributed by atoms with Crippen molar-refractivity contribution in [1.29, 1.82) is 0 Å². The van der Waals surface area contributed by atoms with Gasteiger partial charge in [-0.1, -0.05) is 13.8 Å². The molecule has 0 aliphatic heterocycles. The van der Waals surface area contributed by atoms with E-state index in [1.54, 1.807) is 0 Å². The third kappa shape index (κ3) is 2.03. The minimum Gasteiger partial charge on any atom is -0.325 e. The van der Waals surface area contributed by atoms with Crippen molar-refractivity contribution in [3.63, 3.8) is 0 Å². The molecule has 2 rings (SSSR count). The van der Waals surface area contributed by atoms with Crippen LogP contribution in [0.3, 0.4) is 0 Å². The highest BCUT2D eigenvalue weighted by molar-refractivity contribution is 5.10. The van der Waals surface area contributed by atoms with Crippen LogP contribution >= 0.6 is 0 Å². The van der Waals surface area contributed by atoms with Crippen molar-refractivity contribution in [2.45, 2.75) is 71.8 Å². The van der Waals surface area contributed by atoms with Crippen LogP contribution in [0.1, 0.15) is 66.2 Å². The predicted molar refractivity (Wildman–Crippen MR) is 70.2 cm³/mol.